The number of nitrogens with zero attached hydrogens (tertiary/aromatic N) is 5. The smallest absolute Gasteiger partial charge is 0.259 e. The van der Waals surface area contributed by atoms with Crippen molar-refractivity contribution in [2.24, 2.45) is 5.92 Å². The Kier molecular flexibility index (Phi) is 8.99. The van der Waals surface area contributed by atoms with E-state index < -0.39 is 0 Å². The number of hydrogen-bond donors (Lipinski definition) is 1. The minimum absolute atomic E-state index is 0.0346. The van der Waals surface area contributed by atoms with Gasteiger partial charge in [0, 0.05) is 49.7 Å². The maximum absolute atomic E-state index is 13.5. The molecule has 0 radical (unpaired) electrons. The lowest BCUT2D eigenvalue weighted by Gasteiger charge is -2.37. The minimum Gasteiger partial charge on any atom is -0.472 e. The maximum Gasteiger partial charge on any atom is 0.259 e. The van der Waals surface area contributed by atoms with Gasteiger partial charge in [0.25, 0.3) is 5.91 Å². The van der Waals surface area contributed by atoms with Crippen LogP contribution in [0.2, 0.25) is 0 Å². The van der Waals surface area contributed by atoms with Gasteiger partial charge in [-0.3, -0.25) is 19.6 Å². The van der Waals surface area contributed by atoms with E-state index in [1.807, 2.05) is 45.1 Å². The predicted octanol–water partition coefficient (Wildman–Crippen LogP) is 1.74. The average molecular weight is 466 g/mol. The van der Waals surface area contributed by atoms with Crippen LogP contribution in [0.4, 0.5) is 0 Å². The van der Waals surface area contributed by atoms with Crippen LogP contribution in [0, 0.1) is 17.8 Å². The van der Waals surface area contributed by atoms with Crippen molar-refractivity contribution >= 4 is 5.91 Å². The fourth-order valence-electron chi connectivity index (χ4n) is 3.86. The molecule has 8 heteroatoms. The molecule has 34 heavy (non-hydrogen) atoms. The standard InChI is InChI=1S/C26H35N5O3/c1-19-15-31(20(2)18-32)26(33)23-13-22(7-6-12-29(3)4)14-28-25(23)34-24(19)17-30(5)16-21-8-10-27-11-9-21/h8-11,13-14,19-20,24,32H,12,15-18H2,1-5H3/t19-,20-,24-/m0/s1. The van der Waals surface area contributed by atoms with Crippen LogP contribution < -0.4 is 4.74 Å². The number of hydrogen-bond acceptors (Lipinski definition) is 7. The van der Waals surface area contributed by atoms with Crippen LogP contribution in [0.15, 0.2) is 36.8 Å². The lowest BCUT2D eigenvalue weighted by atomic mass is 9.99. The number of carbonyl (C=O) groups excluding carboxylic acids is 1. The fraction of sp³-hybridized carbons (Fsp3) is 0.500. The summed E-state index contributed by atoms with van der Waals surface area (Å²) in [5.74, 6) is 6.31. The molecule has 1 aliphatic heterocycles. The highest BCUT2D eigenvalue weighted by Gasteiger charge is 2.34. The molecule has 0 bridgehead atoms. The van der Waals surface area contributed by atoms with Gasteiger partial charge in [0.05, 0.1) is 19.2 Å². The lowest BCUT2D eigenvalue weighted by molar-refractivity contribution is 0.0325. The fourth-order valence-corrected chi connectivity index (χ4v) is 3.86. The van der Waals surface area contributed by atoms with Gasteiger partial charge in [0.15, 0.2) is 0 Å². The van der Waals surface area contributed by atoms with Crippen molar-refractivity contribution in [2.75, 3.05) is 47.4 Å². The molecule has 2 aromatic rings. The first-order valence-corrected chi connectivity index (χ1v) is 11.6. The molecule has 1 aliphatic rings. The molecule has 182 valence electrons. The SMILES string of the molecule is C[C@H]1CN([C@@H](C)CO)C(=O)c2cc(C#CCN(C)C)cnc2O[C@H]1CN(C)Cc1ccncc1. The number of aromatic nitrogens is 2. The first-order chi connectivity index (χ1) is 16.3. The van der Waals surface area contributed by atoms with Gasteiger partial charge in [0.2, 0.25) is 5.88 Å². The zero-order valence-electron chi connectivity index (χ0n) is 20.7. The third kappa shape index (κ3) is 6.76. The summed E-state index contributed by atoms with van der Waals surface area (Å²) >= 11 is 0. The van der Waals surface area contributed by atoms with Gasteiger partial charge in [0.1, 0.15) is 11.7 Å². The molecule has 0 fully saturated rings. The Balaban J connectivity index is 1.89. The summed E-state index contributed by atoms with van der Waals surface area (Å²) < 4.78 is 6.36. The number of aliphatic hydroxyl groups excluding tert-OH is 1. The number of pyridine rings is 2. The maximum atomic E-state index is 13.5. The molecule has 3 heterocycles. The molecule has 2 aromatic heterocycles. The van der Waals surface area contributed by atoms with E-state index in [0.29, 0.717) is 36.6 Å². The number of rotatable bonds is 7. The lowest BCUT2D eigenvalue weighted by Crippen LogP contribution is -2.49. The molecule has 8 nitrogen and oxygen atoms in total. The highest BCUT2D eigenvalue weighted by Crippen LogP contribution is 2.27. The topological polar surface area (TPSA) is 82.0 Å². The largest absolute Gasteiger partial charge is 0.472 e. The number of likely N-dealkylation sites (N-methyl/N-ethyl adjacent to an activating group) is 1. The number of carbonyl (C=O) groups is 1. The molecular weight excluding hydrogens is 430 g/mol. The summed E-state index contributed by atoms with van der Waals surface area (Å²) in [6.45, 7) is 6.31. The first kappa shape index (κ1) is 25.6. The zero-order chi connectivity index (χ0) is 24.7. The van der Waals surface area contributed by atoms with Crippen LogP contribution in [-0.4, -0.2) is 95.2 Å². The summed E-state index contributed by atoms with van der Waals surface area (Å²) in [5.41, 5.74) is 2.21. The highest BCUT2D eigenvalue weighted by atomic mass is 16.5. The third-order valence-electron chi connectivity index (χ3n) is 5.84. The van der Waals surface area contributed by atoms with Crippen molar-refractivity contribution in [1.82, 2.24) is 24.7 Å². The van der Waals surface area contributed by atoms with Crippen molar-refractivity contribution in [3.05, 3.63) is 53.5 Å². The second-order valence-electron chi connectivity index (χ2n) is 9.29. The molecule has 0 saturated carbocycles. The molecule has 3 rings (SSSR count). The molecule has 0 unspecified atom stereocenters. The van der Waals surface area contributed by atoms with Crippen molar-refractivity contribution in [1.29, 1.82) is 0 Å². The predicted molar refractivity (Wildman–Crippen MR) is 131 cm³/mol. The van der Waals surface area contributed by atoms with Crippen LogP contribution >= 0.6 is 0 Å². The van der Waals surface area contributed by atoms with E-state index in [2.05, 4.69) is 33.6 Å². The average Bonchev–Trinajstić information content (AvgIpc) is 2.81. The summed E-state index contributed by atoms with van der Waals surface area (Å²) in [6, 6.07) is 5.42. The Hall–Kier alpha value is -2.99. The molecule has 1 amide bonds. The van der Waals surface area contributed by atoms with Gasteiger partial charge in [-0.15, -0.1) is 0 Å². The number of aliphatic hydroxyl groups is 1. The third-order valence-corrected chi connectivity index (χ3v) is 5.84. The van der Waals surface area contributed by atoms with E-state index in [-0.39, 0.29) is 30.6 Å². The van der Waals surface area contributed by atoms with Gasteiger partial charge in [-0.25, -0.2) is 4.98 Å². The summed E-state index contributed by atoms with van der Waals surface area (Å²) in [5, 5.41) is 9.82. The minimum atomic E-state index is -0.320. The summed E-state index contributed by atoms with van der Waals surface area (Å²) in [4.78, 5) is 27.9. The van der Waals surface area contributed by atoms with E-state index >= 15 is 0 Å². The Labute approximate surface area is 202 Å². The quantitative estimate of drug-likeness (QED) is 0.624. The molecule has 0 aromatic carbocycles. The Morgan fingerprint density at radius 2 is 2.03 bits per heavy atom. The molecule has 3 atom stereocenters. The van der Waals surface area contributed by atoms with Crippen molar-refractivity contribution in [2.45, 2.75) is 32.5 Å². The number of ether oxygens (including phenoxy) is 1. The zero-order valence-corrected chi connectivity index (χ0v) is 20.7. The molecule has 0 aliphatic carbocycles. The van der Waals surface area contributed by atoms with Gasteiger partial charge in [-0.05, 0) is 51.8 Å². The summed E-state index contributed by atoms with van der Waals surface area (Å²) in [6.07, 6.45) is 5.04. The van der Waals surface area contributed by atoms with E-state index in [4.69, 9.17) is 4.74 Å². The number of fused-ring (bicyclic) bond motifs is 1. The van der Waals surface area contributed by atoms with E-state index in [9.17, 15) is 9.90 Å². The van der Waals surface area contributed by atoms with Crippen LogP contribution in [0.3, 0.4) is 0 Å². The van der Waals surface area contributed by atoms with Crippen LogP contribution in [0.5, 0.6) is 5.88 Å². The highest BCUT2D eigenvalue weighted by molar-refractivity contribution is 5.97. The number of amides is 1. The normalized spacial score (nSPS) is 19.1. The van der Waals surface area contributed by atoms with Gasteiger partial charge >= 0.3 is 0 Å². The Bertz CT molecular complexity index is 1020. The first-order valence-electron chi connectivity index (χ1n) is 11.6. The van der Waals surface area contributed by atoms with Crippen LogP contribution in [0.25, 0.3) is 0 Å². The van der Waals surface area contributed by atoms with E-state index in [0.717, 1.165) is 6.54 Å². The Morgan fingerprint density at radius 3 is 2.71 bits per heavy atom. The summed E-state index contributed by atoms with van der Waals surface area (Å²) in [7, 11) is 5.95. The van der Waals surface area contributed by atoms with Crippen molar-refractivity contribution in [3.8, 4) is 17.7 Å². The monoisotopic (exact) mass is 465 g/mol. The molecule has 1 N–H and O–H groups in total. The molecule has 0 spiro atoms. The van der Waals surface area contributed by atoms with E-state index in [1.54, 1.807) is 29.6 Å². The Morgan fingerprint density at radius 1 is 1.29 bits per heavy atom. The van der Waals surface area contributed by atoms with Crippen LogP contribution in [-0.2, 0) is 6.54 Å². The van der Waals surface area contributed by atoms with Gasteiger partial charge < -0.3 is 14.7 Å². The molecule has 0 saturated heterocycles. The molecular formula is C26H35N5O3. The van der Waals surface area contributed by atoms with E-state index in [1.165, 1.54) is 5.56 Å². The van der Waals surface area contributed by atoms with Crippen molar-refractivity contribution in [3.63, 3.8) is 0 Å². The van der Waals surface area contributed by atoms with Gasteiger partial charge in [-0.2, -0.15) is 0 Å². The van der Waals surface area contributed by atoms with Crippen molar-refractivity contribution < 1.29 is 14.6 Å². The van der Waals surface area contributed by atoms with Gasteiger partial charge in [-0.1, -0.05) is 18.8 Å². The second-order valence-corrected chi connectivity index (χ2v) is 9.29. The second kappa shape index (κ2) is 11.9. The van der Waals surface area contributed by atoms with Crippen LogP contribution in [0.1, 0.15) is 35.3 Å².